The van der Waals surface area contributed by atoms with Crippen LogP contribution in [0.15, 0.2) is 12.2 Å². The molecular weight excluding hydrogens is 218 g/mol. The van der Waals surface area contributed by atoms with Crippen LogP contribution in [-0.4, -0.2) is 43.4 Å². The fraction of sp³-hybridized carbons (Fsp3) is 0.769. The summed E-state index contributed by atoms with van der Waals surface area (Å²) < 4.78 is 10.5. The second kappa shape index (κ2) is 5.65. The number of rotatable bonds is 3. The van der Waals surface area contributed by atoms with Crippen molar-refractivity contribution >= 4 is 5.97 Å². The maximum atomic E-state index is 11.5. The molecule has 0 amide bonds. The Balaban J connectivity index is 2.51. The topological polar surface area (TPSA) is 38.8 Å². The Kier molecular flexibility index (Phi) is 4.71. The second-order valence-electron chi connectivity index (χ2n) is 5.57. The number of ether oxygens (including phenoxy) is 2. The van der Waals surface area contributed by atoms with Gasteiger partial charge in [0.25, 0.3) is 0 Å². The molecule has 1 aliphatic heterocycles. The second-order valence-corrected chi connectivity index (χ2v) is 5.57. The first kappa shape index (κ1) is 14.2. The van der Waals surface area contributed by atoms with Crippen molar-refractivity contribution in [3.63, 3.8) is 0 Å². The lowest BCUT2D eigenvalue weighted by atomic mass is 9.95. The van der Waals surface area contributed by atoms with Crippen LogP contribution in [0.2, 0.25) is 0 Å². The Hall–Kier alpha value is -0.870. The van der Waals surface area contributed by atoms with Crippen molar-refractivity contribution in [2.45, 2.75) is 32.8 Å². The van der Waals surface area contributed by atoms with Gasteiger partial charge in [0.15, 0.2) is 0 Å². The molecule has 1 aliphatic rings. The third kappa shape index (κ3) is 4.88. The summed E-state index contributed by atoms with van der Waals surface area (Å²) in [5.41, 5.74) is 0.892. The number of hydrogen-bond acceptors (Lipinski definition) is 4. The Bertz CT molecular complexity index is 294. The zero-order chi connectivity index (χ0) is 13.1. The summed E-state index contributed by atoms with van der Waals surface area (Å²) in [6.45, 7) is 12.0. The summed E-state index contributed by atoms with van der Waals surface area (Å²) in [6.07, 6.45) is 0.721. The van der Waals surface area contributed by atoms with E-state index in [1.54, 1.807) is 0 Å². The lowest BCUT2D eigenvalue weighted by molar-refractivity contribution is -0.148. The largest absolute Gasteiger partial charge is 0.469 e. The van der Waals surface area contributed by atoms with Crippen molar-refractivity contribution in [2.75, 3.05) is 26.9 Å². The van der Waals surface area contributed by atoms with E-state index in [0.29, 0.717) is 13.3 Å². The molecule has 98 valence electrons. The molecule has 17 heavy (non-hydrogen) atoms. The van der Waals surface area contributed by atoms with E-state index in [4.69, 9.17) is 9.47 Å². The van der Waals surface area contributed by atoms with Crippen LogP contribution in [0, 0.1) is 5.92 Å². The first-order valence-corrected chi connectivity index (χ1v) is 5.92. The summed E-state index contributed by atoms with van der Waals surface area (Å²) in [7, 11) is 1.43. The van der Waals surface area contributed by atoms with Crippen molar-refractivity contribution in [3.8, 4) is 0 Å². The number of likely N-dealkylation sites (tertiary alicyclic amines) is 1. The molecule has 0 aromatic carbocycles. The minimum absolute atomic E-state index is 0.107. The normalized spacial score (nSPS) is 22.6. The minimum Gasteiger partial charge on any atom is -0.469 e. The fourth-order valence-electron chi connectivity index (χ4n) is 1.88. The quantitative estimate of drug-likeness (QED) is 0.558. The lowest BCUT2D eigenvalue weighted by Gasteiger charge is -2.34. The third-order valence-corrected chi connectivity index (χ3v) is 2.68. The summed E-state index contributed by atoms with van der Waals surface area (Å²) in [4.78, 5) is 13.6. The van der Waals surface area contributed by atoms with E-state index in [-0.39, 0.29) is 17.5 Å². The van der Waals surface area contributed by atoms with Crippen LogP contribution in [0.25, 0.3) is 0 Å². The predicted octanol–water partition coefficient (Wildman–Crippen LogP) is 1.81. The molecule has 0 aromatic rings. The van der Waals surface area contributed by atoms with E-state index in [1.165, 1.54) is 7.11 Å². The highest BCUT2D eigenvalue weighted by Gasteiger charge is 2.28. The lowest BCUT2D eigenvalue weighted by Crippen LogP contribution is -2.42. The average molecular weight is 241 g/mol. The number of piperidine rings is 1. The molecule has 0 spiro atoms. The number of carbonyl (C=O) groups excluding carboxylic acids is 1. The Labute approximate surface area is 104 Å². The monoisotopic (exact) mass is 241 g/mol. The van der Waals surface area contributed by atoms with Crippen LogP contribution in [0.1, 0.15) is 27.2 Å². The van der Waals surface area contributed by atoms with Gasteiger partial charge in [-0.3, -0.25) is 9.69 Å². The predicted molar refractivity (Wildman–Crippen MR) is 66.5 cm³/mol. The first-order valence-electron chi connectivity index (χ1n) is 5.92. The smallest absolute Gasteiger partial charge is 0.310 e. The van der Waals surface area contributed by atoms with Crippen LogP contribution in [0.3, 0.4) is 0 Å². The van der Waals surface area contributed by atoms with Gasteiger partial charge in [0.2, 0.25) is 0 Å². The van der Waals surface area contributed by atoms with Crippen LogP contribution < -0.4 is 0 Å². The van der Waals surface area contributed by atoms with E-state index in [9.17, 15) is 4.79 Å². The number of methoxy groups -OCH3 is 1. The van der Waals surface area contributed by atoms with Crippen LogP contribution in [-0.2, 0) is 14.3 Å². The summed E-state index contributed by atoms with van der Waals surface area (Å²) >= 11 is 0. The zero-order valence-corrected chi connectivity index (χ0v) is 11.3. The van der Waals surface area contributed by atoms with Crippen molar-refractivity contribution in [1.29, 1.82) is 0 Å². The van der Waals surface area contributed by atoms with Gasteiger partial charge >= 0.3 is 5.97 Å². The molecule has 4 nitrogen and oxygen atoms in total. The van der Waals surface area contributed by atoms with Crippen molar-refractivity contribution in [1.82, 2.24) is 4.90 Å². The molecule has 1 unspecified atom stereocenters. The molecule has 1 atom stereocenters. The van der Waals surface area contributed by atoms with Gasteiger partial charge in [-0.25, -0.2) is 0 Å². The Morgan fingerprint density at radius 1 is 1.53 bits per heavy atom. The Morgan fingerprint density at radius 2 is 2.18 bits per heavy atom. The number of nitrogens with zero attached hydrogens (tertiary/aromatic N) is 1. The van der Waals surface area contributed by atoms with E-state index >= 15 is 0 Å². The average Bonchev–Trinajstić information content (AvgIpc) is 2.23. The molecule has 0 N–H and O–H groups in total. The van der Waals surface area contributed by atoms with Gasteiger partial charge in [-0.1, -0.05) is 12.2 Å². The molecular formula is C13H23NO3. The Morgan fingerprint density at radius 3 is 2.71 bits per heavy atom. The first-order chi connectivity index (χ1) is 7.81. The molecule has 0 aromatic heterocycles. The molecule has 1 heterocycles. The van der Waals surface area contributed by atoms with Gasteiger partial charge < -0.3 is 9.47 Å². The highest BCUT2D eigenvalue weighted by molar-refractivity contribution is 5.73. The highest BCUT2D eigenvalue weighted by Crippen LogP contribution is 2.21. The summed E-state index contributed by atoms with van der Waals surface area (Å²) in [6, 6.07) is 0. The number of carbonyl (C=O) groups is 1. The highest BCUT2D eigenvalue weighted by atomic mass is 16.5. The fourth-order valence-corrected chi connectivity index (χ4v) is 1.88. The van der Waals surface area contributed by atoms with Gasteiger partial charge in [0.05, 0.1) is 25.4 Å². The van der Waals surface area contributed by atoms with Crippen molar-refractivity contribution < 1.29 is 14.3 Å². The summed E-state index contributed by atoms with van der Waals surface area (Å²) in [5.74, 6) is -0.267. The molecule has 1 rings (SSSR count). The van der Waals surface area contributed by atoms with E-state index < -0.39 is 0 Å². The molecule has 0 aliphatic carbocycles. The summed E-state index contributed by atoms with van der Waals surface area (Å²) in [5, 5.41) is 0. The molecule has 0 radical (unpaired) electrons. The zero-order valence-electron chi connectivity index (χ0n) is 11.3. The molecule has 0 bridgehead atoms. The molecule has 0 saturated carbocycles. The van der Waals surface area contributed by atoms with Crippen LogP contribution in [0.4, 0.5) is 0 Å². The minimum atomic E-state index is -0.167. The van der Waals surface area contributed by atoms with Crippen LogP contribution in [0.5, 0.6) is 0 Å². The third-order valence-electron chi connectivity index (χ3n) is 2.68. The van der Waals surface area contributed by atoms with E-state index in [0.717, 1.165) is 18.5 Å². The maximum absolute atomic E-state index is 11.5. The van der Waals surface area contributed by atoms with Gasteiger partial charge in [0, 0.05) is 13.1 Å². The molecule has 1 fully saturated rings. The van der Waals surface area contributed by atoms with Gasteiger partial charge in [-0.2, -0.15) is 0 Å². The standard InChI is InChI=1S/C13H23NO3/c1-10-6-11(12(15)16-5)8-14(7-10)9-17-13(2,3)4/h11H,1,6-9H2,2-5H3. The van der Waals surface area contributed by atoms with Crippen molar-refractivity contribution in [2.24, 2.45) is 5.92 Å². The van der Waals surface area contributed by atoms with E-state index in [2.05, 4.69) is 11.5 Å². The van der Waals surface area contributed by atoms with Crippen molar-refractivity contribution in [3.05, 3.63) is 12.2 Å². The van der Waals surface area contributed by atoms with Crippen LogP contribution >= 0.6 is 0 Å². The van der Waals surface area contributed by atoms with Gasteiger partial charge in [-0.15, -0.1) is 0 Å². The number of hydrogen-bond donors (Lipinski definition) is 0. The van der Waals surface area contributed by atoms with Gasteiger partial charge in [-0.05, 0) is 27.2 Å². The number of esters is 1. The molecule has 4 heteroatoms. The van der Waals surface area contributed by atoms with E-state index in [1.807, 2.05) is 20.8 Å². The SMILES string of the molecule is C=C1CC(C(=O)OC)CN(COC(C)(C)C)C1. The maximum Gasteiger partial charge on any atom is 0.310 e. The molecule has 1 saturated heterocycles. The van der Waals surface area contributed by atoms with Gasteiger partial charge in [0.1, 0.15) is 0 Å².